The van der Waals surface area contributed by atoms with Crippen molar-refractivity contribution >= 4 is 51.3 Å². The molecule has 3 heterocycles. The lowest BCUT2D eigenvalue weighted by Gasteiger charge is -2.29. The van der Waals surface area contributed by atoms with Crippen LogP contribution in [-0.2, 0) is 4.74 Å². The van der Waals surface area contributed by atoms with Crippen LogP contribution in [0.4, 0.5) is 11.4 Å². The fourth-order valence-electron chi connectivity index (χ4n) is 2.97. The number of halogens is 1. The summed E-state index contributed by atoms with van der Waals surface area (Å²) >= 11 is 11.5. The van der Waals surface area contributed by atoms with E-state index < -0.39 is 0 Å². The van der Waals surface area contributed by atoms with Crippen molar-refractivity contribution in [1.82, 2.24) is 15.0 Å². The van der Waals surface area contributed by atoms with Crippen molar-refractivity contribution in [2.75, 3.05) is 43.6 Å². The summed E-state index contributed by atoms with van der Waals surface area (Å²) in [6.45, 7) is 3.15. The van der Waals surface area contributed by atoms with Crippen LogP contribution in [0.3, 0.4) is 0 Å². The fourth-order valence-corrected chi connectivity index (χ4v) is 3.32. The summed E-state index contributed by atoms with van der Waals surface area (Å²) < 4.78 is 10.9. The zero-order valence-electron chi connectivity index (χ0n) is 14.7. The lowest BCUT2D eigenvalue weighted by atomic mass is 10.2. The van der Waals surface area contributed by atoms with E-state index in [9.17, 15) is 0 Å². The van der Waals surface area contributed by atoms with Gasteiger partial charge in [0.25, 0.3) is 0 Å². The zero-order chi connectivity index (χ0) is 18.8. The number of anilines is 2. The average Bonchev–Trinajstić information content (AvgIpc) is 3.12. The molecule has 2 aromatic heterocycles. The van der Waals surface area contributed by atoms with Crippen LogP contribution in [0.5, 0.6) is 5.75 Å². The van der Waals surface area contributed by atoms with Gasteiger partial charge in [-0.3, -0.25) is 0 Å². The number of nitrogens with one attached hydrogen (secondary N) is 2. The SMILES string of the molecule is COc1ccc(N2CCOCC2)cc1NC(=S)c1nc2nc(Cl)ccc2[nH]1. The van der Waals surface area contributed by atoms with E-state index in [1.54, 1.807) is 13.2 Å². The number of thiocarbonyl (C=S) groups is 1. The topological polar surface area (TPSA) is 75.3 Å². The third kappa shape index (κ3) is 3.83. The minimum atomic E-state index is 0.388. The van der Waals surface area contributed by atoms with E-state index in [1.165, 1.54) is 0 Å². The summed E-state index contributed by atoms with van der Waals surface area (Å²) in [5.41, 5.74) is 3.16. The number of aromatic nitrogens is 3. The molecule has 0 spiro atoms. The van der Waals surface area contributed by atoms with E-state index in [4.69, 9.17) is 33.3 Å². The molecule has 3 aromatic rings. The normalized spacial score (nSPS) is 14.4. The molecule has 0 amide bonds. The fraction of sp³-hybridized carbons (Fsp3) is 0.278. The largest absolute Gasteiger partial charge is 0.495 e. The molecule has 0 unspecified atom stereocenters. The van der Waals surface area contributed by atoms with Crippen molar-refractivity contribution in [3.05, 3.63) is 41.3 Å². The molecule has 0 aliphatic carbocycles. The maximum atomic E-state index is 5.92. The number of pyridine rings is 1. The lowest BCUT2D eigenvalue weighted by Crippen LogP contribution is -2.36. The van der Waals surface area contributed by atoms with E-state index in [0.29, 0.717) is 27.4 Å². The van der Waals surface area contributed by atoms with Crippen LogP contribution < -0.4 is 15.0 Å². The summed E-state index contributed by atoms with van der Waals surface area (Å²) in [4.78, 5) is 14.5. The van der Waals surface area contributed by atoms with Crippen LogP contribution >= 0.6 is 23.8 Å². The maximum Gasteiger partial charge on any atom is 0.179 e. The number of ether oxygens (including phenoxy) is 2. The first-order valence-electron chi connectivity index (χ1n) is 8.48. The Morgan fingerprint density at radius 2 is 2.07 bits per heavy atom. The molecule has 27 heavy (non-hydrogen) atoms. The van der Waals surface area contributed by atoms with E-state index in [1.807, 2.05) is 24.3 Å². The molecule has 1 fully saturated rings. The standard InChI is InChI=1S/C18H18ClN5O2S/c1-25-14-4-2-11(24-6-8-26-9-7-24)10-13(14)21-18(27)17-20-12-3-5-15(19)22-16(12)23-17/h2-5,10H,6-9H2,1H3,(H,21,27)(H,20,22,23). The third-order valence-corrected chi connectivity index (χ3v) is 4.84. The molecule has 1 aliphatic heterocycles. The molecule has 0 saturated carbocycles. The Balaban J connectivity index is 1.60. The summed E-state index contributed by atoms with van der Waals surface area (Å²) in [5, 5.41) is 3.62. The van der Waals surface area contributed by atoms with Crippen molar-refractivity contribution in [2.24, 2.45) is 0 Å². The number of hydrogen-bond acceptors (Lipinski definition) is 6. The second-order valence-electron chi connectivity index (χ2n) is 6.03. The Morgan fingerprint density at radius 3 is 2.85 bits per heavy atom. The second-order valence-corrected chi connectivity index (χ2v) is 6.82. The highest BCUT2D eigenvalue weighted by Gasteiger charge is 2.16. The van der Waals surface area contributed by atoms with Crippen molar-refractivity contribution in [3.8, 4) is 5.75 Å². The van der Waals surface area contributed by atoms with Crippen molar-refractivity contribution in [3.63, 3.8) is 0 Å². The van der Waals surface area contributed by atoms with Gasteiger partial charge in [-0.1, -0.05) is 23.8 Å². The molecule has 9 heteroatoms. The molecule has 140 valence electrons. The quantitative estimate of drug-likeness (QED) is 0.511. The molecule has 4 rings (SSSR count). The number of benzene rings is 1. The Bertz CT molecular complexity index is 987. The first-order valence-corrected chi connectivity index (χ1v) is 9.27. The van der Waals surface area contributed by atoms with Crippen molar-refractivity contribution in [1.29, 1.82) is 0 Å². The minimum Gasteiger partial charge on any atom is -0.495 e. The molecule has 0 radical (unpaired) electrons. The summed E-state index contributed by atoms with van der Waals surface area (Å²) in [7, 11) is 1.63. The molecule has 0 bridgehead atoms. The maximum absolute atomic E-state index is 5.92. The molecule has 7 nitrogen and oxygen atoms in total. The first-order chi connectivity index (χ1) is 13.1. The Morgan fingerprint density at radius 1 is 1.26 bits per heavy atom. The summed E-state index contributed by atoms with van der Waals surface area (Å²) in [6.07, 6.45) is 0. The van der Waals surface area contributed by atoms with E-state index in [0.717, 1.165) is 43.2 Å². The van der Waals surface area contributed by atoms with E-state index >= 15 is 0 Å². The van der Waals surface area contributed by atoms with Gasteiger partial charge >= 0.3 is 0 Å². The number of rotatable bonds is 4. The number of hydrogen-bond donors (Lipinski definition) is 2. The lowest BCUT2D eigenvalue weighted by molar-refractivity contribution is 0.122. The highest BCUT2D eigenvalue weighted by atomic mass is 35.5. The predicted octanol–water partition coefficient (Wildman–Crippen LogP) is 3.24. The Kier molecular flexibility index (Phi) is 5.11. The third-order valence-electron chi connectivity index (χ3n) is 4.33. The van der Waals surface area contributed by atoms with Crippen molar-refractivity contribution < 1.29 is 9.47 Å². The zero-order valence-corrected chi connectivity index (χ0v) is 16.2. The van der Waals surface area contributed by atoms with Gasteiger partial charge in [0.15, 0.2) is 11.5 Å². The minimum absolute atomic E-state index is 0.388. The molecule has 1 aliphatic rings. The number of fused-ring (bicyclic) bond motifs is 1. The summed E-state index contributed by atoms with van der Waals surface area (Å²) in [6, 6.07) is 9.51. The van der Waals surface area contributed by atoms with Crippen LogP contribution in [0.2, 0.25) is 5.15 Å². The monoisotopic (exact) mass is 403 g/mol. The van der Waals surface area contributed by atoms with Crippen LogP contribution in [0.25, 0.3) is 11.2 Å². The number of imidazole rings is 1. The van der Waals surface area contributed by atoms with Gasteiger partial charge in [0.1, 0.15) is 15.9 Å². The van der Waals surface area contributed by atoms with E-state index in [-0.39, 0.29) is 0 Å². The molecule has 2 N–H and O–H groups in total. The summed E-state index contributed by atoms with van der Waals surface area (Å²) in [5.74, 6) is 1.22. The molecular weight excluding hydrogens is 386 g/mol. The number of nitrogens with zero attached hydrogens (tertiary/aromatic N) is 3. The number of H-pyrrole nitrogens is 1. The molecule has 0 atom stereocenters. The van der Waals surface area contributed by atoms with Gasteiger partial charge in [-0.2, -0.15) is 0 Å². The Hall–Kier alpha value is -2.42. The number of methoxy groups -OCH3 is 1. The van der Waals surface area contributed by atoms with Gasteiger partial charge < -0.3 is 24.7 Å². The van der Waals surface area contributed by atoms with Gasteiger partial charge in [-0.05, 0) is 30.3 Å². The van der Waals surface area contributed by atoms with Gasteiger partial charge in [-0.15, -0.1) is 0 Å². The Labute approximate surface area is 166 Å². The van der Waals surface area contributed by atoms with Crippen molar-refractivity contribution in [2.45, 2.75) is 0 Å². The number of morpholine rings is 1. The first kappa shape index (κ1) is 18.0. The predicted molar refractivity (Wildman–Crippen MR) is 110 cm³/mol. The highest BCUT2D eigenvalue weighted by Crippen LogP contribution is 2.30. The highest BCUT2D eigenvalue weighted by molar-refractivity contribution is 7.81. The van der Waals surface area contributed by atoms with Crippen LogP contribution in [0.1, 0.15) is 5.82 Å². The van der Waals surface area contributed by atoms with Crippen LogP contribution in [0, 0.1) is 0 Å². The van der Waals surface area contributed by atoms with Gasteiger partial charge in [0.2, 0.25) is 0 Å². The average molecular weight is 404 g/mol. The number of aromatic amines is 1. The van der Waals surface area contributed by atoms with Gasteiger partial charge in [0.05, 0.1) is 31.5 Å². The molecular formula is C18H18ClN5O2S. The second kappa shape index (κ2) is 7.67. The van der Waals surface area contributed by atoms with Gasteiger partial charge in [-0.25, -0.2) is 9.97 Å². The van der Waals surface area contributed by atoms with E-state index in [2.05, 4.69) is 25.2 Å². The smallest absolute Gasteiger partial charge is 0.179 e. The van der Waals surface area contributed by atoms with Gasteiger partial charge in [0, 0.05) is 18.8 Å². The van der Waals surface area contributed by atoms with Crippen LogP contribution in [-0.4, -0.2) is 53.4 Å². The molecule has 1 saturated heterocycles. The van der Waals surface area contributed by atoms with Crippen LogP contribution in [0.15, 0.2) is 30.3 Å². The molecule has 1 aromatic carbocycles.